The van der Waals surface area contributed by atoms with Crippen LogP contribution in [0, 0.1) is 17.0 Å². The van der Waals surface area contributed by atoms with Crippen LogP contribution in [0.1, 0.15) is 12.6 Å². The molecule has 0 saturated carbocycles. The number of rotatable bonds is 5. The lowest BCUT2D eigenvalue weighted by molar-refractivity contribution is -0.389. The highest BCUT2D eigenvalue weighted by molar-refractivity contribution is 8.01. The molecule has 0 unspecified atom stereocenters. The molecule has 0 aliphatic heterocycles. The van der Waals surface area contributed by atoms with Crippen molar-refractivity contribution >= 4 is 34.7 Å². The van der Waals surface area contributed by atoms with Crippen molar-refractivity contribution in [2.75, 3.05) is 11.9 Å². The molecule has 2 rings (SSSR count). The maximum atomic E-state index is 11.1. The molecule has 0 aromatic carbocycles. The van der Waals surface area contributed by atoms with Gasteiger partial charge in [-0.3, -0.25) is 10.1 Å². The van der Waals surface area contributed by atoms with Gasteiger partial charge in [-0.15, -0.1) is 11.3 Å². The fraction of sp³-hybridized carbons (Fsp3) is 0.300. The van der Waals surface area contributed by atoms with Crippen LogP contribution in [0.5, 0.6) is 0 Å². The first-order valence-electron chi connectivity index (χ1n) is 5.46. The van der Waals surface area contributed by atoms with E-state index in [0.717, 1.165) is 0 Å². The number of hydrogen-bond acceptors (Lipinski definition) is 8. The second-order valence-electron chi connectivity index (χ2n) is 3.47. The number of nitrogens with one attached hydrogen (secondary N) is 1. The quantitative estimate of drug-likeness (QED) is 0.515. The SMILES string of the molecule is CCNc1nc(C)c([N+](=O)[O-])c(Sc2nccs2)n1. The predicted molar refractivity (Wildman–Crippen MR) is 73.8 cm³/mol. The normalized spacial score (nSPS) is 10.4. The summed E-state index contributed by atoms with van der Waals surface area (Å²) in [5, 5.41) is 16.2. The van der Waals surface area contributed by atoms with E-state index in [9.17, 15) is 10.1 Å². The van der Waals surface area contributed by atoms with Gasteiger partial charge < -0.3 is 5.32 Å². The second kappa shape index (κ2) is 5.93. The third-order valence-corrected chi connectivity index (χ3v) is 4.00. The highest BCUT2D eigenvalue weighted by Gasteiger charge is 2.23. The number of thiazole rings is 1. The highest BCUT2D eigenvalue weighted by Crippen LogP contribution is 2.36. The van der Waals surface area contributed by atoms with Gasteiger partial charge in [-0.05, 0) is 25.6 Å². The summed E-state index contributed by atoms with van der Waals surface area (Å²) >= 11 is 2.59. The molecule has 0 bridgehead atoms. The maximum absolute atomic E-state index is 11.1. The molecule has 2 aromatic rings. The third-order valence-electron chi connectivity index (χ3n) is 2.14. The molecule has 0 saturated heterocycles. The Morgan fingerprint density at radius 3 is 2.89 bits per heavy atom. The Labute approximate surface area is 117 Å². The molecule has 0 aliphatic rings. The highest BCUT2D eigenvalue weighted by atomic mass is 32.2. The predicted octanol–water partition coefficient (Wildman–Crippen LogP) is 2.73. The summed E-state index contributed by atoms with van der Waals surface area (Å²) in [4.78, 5) is 23.0. The van der Waals surface area contributed by atoms with E-state index in [0.29, 0.717) is 27.6 Å². The average molecular weight is 297 g/mol. The van der Waals surface area contributed by atoms with Gasteiger partial charge in [-0.2, -0.15) is 4.98 Å². The molecular weight excluding hydrogens is 286 g/mol. The van der Waals surface area contributed by atoms with Crippen LogP contribution in [0.15, 0.2) is 20.9 Å². The molecule has 2 heterocycles. The number of aryl methyl sites for hydroxylation is 1. The summed E-state index contributed by atoms with van der Waals surface area (Å²) in [6.45, 7) is 4.17. The molecule has 0 spiro atoms. The molecule has 1 N–H and O–H groups in total. The summed E-state index contributed by atoms with van der Waals surface area (Å²) < 4.78 is 0.712. The number of aromatic nitrogens is 3. The minimum absolute atomic E-state index is 0.0677. The lowest BCUT2D eigenvalue weighted by Gasteiger charge is -2.06. The van der Waals surface area contributed by atoms with E-state index in [2.05, 4.69) is 20.3 Å². The minimum atomic E-state index is -0.457. The standard InChI is InChI=1S/C10H11N5O2S2/c1-3-11-9-13-6(2)7(15(16)17)8(14-9)19-10-12-4-5-18-10/h4-5H,3H2,1-2H3,(H,11,13,14). The van der Waals surface area contributed by atoms with E-state index in [1.54, 1.807) is 13.1 Å². The molecule has 19 heavy (non-hydrogen) atoms. The van der Waals surface area contributed by atoms with Crippen LogP contribution < -0.4 is 5.32 Å². The first kappa shape index (κ1) is 13.7. The van der Waals surface area contributed by atoms with Gasteiger partial charge in [0.25, 0.3) is 0 Å². The maximum Gasteiger partial charge on any atom is 0.322 e. The molecule has 0 atom stereocenters. The van der Waals surface area contributed by atoms with Crippen LogP contribution in [0.25, 0.3) is 0 Å². The Balaban J connectivity index is 2.44. The third kappa shape index (κ3) is 3.18. The molecular formula is C10H11N5O2S2. The van der Waals surface area contributed by atoms with Gasteiger partial charge in [0.05, 0.1) is 4.92 Å². The topological polar surface area (TPSA) is 93.8 Å². The second-order valence-corrected chi connectivity index (χ2v) is 5.60. The first-order valence-corrected chi connectivity index (χ1v) is 7.15. The van der Waals surface area contributed by atoms with Crippen LogP contribution in [-0.2, 0) is 0 Å². The van der Waals surface area contributed by atoms with Crippen LogP contribution in [0.3, 0.4) is 0 Å². The summed E-state index contributed by atoms with van der Waals surface area (Å²) in [5.74, 6) is 0.393. The van der Waals surface area contributed by atoms with Gasteiger partial charge in [0, 0.05) is 18.1 Å². The van der Waals surface area contributed by atoms with Gasteiger partial charge in [-0.1, -0.05) is 0 Å². The Bertz CT molecular complexity index is 588. The van der Waals surface area contributed by atoms with Crippen molar-refractivity contribution in [3.8, 4) is 0 Å². The van der Waals surface area contributed by atoms with E-state index in [1.165, 1.54) is 23.1 Å². The molecule has 9 heteroatoms. The summed E-state index contributed by atoms with van der Waals surface area (Å²) in [5.41, 5.74) is 0.275. The van der Waals surface area contributed by atoms with Crippen molar-refractivity contribution in [1.29, 1.82) is 0 Å². The summed E-state index contributed by atoms with van der Waals surface area (Å²) in [6.07, 6.45) is 1.65. The molecule has 100 valence electrons. The van der Waals surface area contributed by atoms with Crippen LogP contribution in [0.4, 0.5) is 11.6 Å². The van der Waals surface area contributed by atoms with E-state index in [1.807, 2.05) is 12.3 Å². The van der Waals surface area contributed by atoms with Crippen LogP contribution >= 0.6 is 23.1 Å². The molecule has 0 amide bonds. The van der Waals surface area contributed by atoms with Gasteiger partial charge in [-0.25, -0.2) is 9.97 Å². The van der Waals surface area contributed by atoms with Crippen molar-refractivity contribution in [2.24, 2.45) is 0 Å². The van der Waals surface area contributed by atoms with E-state index in [-0.39, 0.29) is 5.69 Å². The Morgan fingerprint density at radius 2 is 2.32 bits per heavy atom. The van der Waals surface area contributed by atoms with Crippen molar-refractivity contribution in [2.45, 2.75) is 23.2 Å². The summed E-state index contributed by atoms with van der Waals surface area (Å²) in [6, 6.07) is 0. The Morgan fingerprint density at radius 1 is 1.53 bits per heavy atom. The largest absolute Gasteiger partial charge is 0.354 e. The minimum Gasteiger partial charge on any atom is -0.354 e. The average Bonchev–Trinajstić information content (AvgIpc) is 2.81. The van der Waals surface area contributed by atoms with Crippen molar-refractivity contribution < 1.29 is 4.92 Å². The Kier molecular flexibility index (Phi) is 4.27. The number of nitrogens with zero attached hydrogens (tertiary/aromatic N) is 4. The zero-order chi connectivity index (χ0) is 13.8. The zero-order valence-corrected chi connectivity index (χ0v) is 11.9. The van der Waals surface area contributed by atoms with Crippen molar-refractivity contribution in [3.63, 3.8) is 0 Å². The van der Waals surface area contributed by atoms with Gasteiger partial charge in [0.2, 0.25) is 5.95 Å². The van der Waals surface area contributed by atoms with E-state index in [4.69, 9.17) is 0 Å². The lowest BCUT2D eigenvalue weighted by Crippen LogP contribution is -2.07. The number of nitro groups is 1. The lowest BCUT2D eigenvalue weighted by atomic mass is 10.4. The summed E-state index contributed by atoms with van der Waals surface area (Å²) in [7, 11) is 0. The number of hydrogen-bond donors (Lipinski definition) is 1. The smallest absolute Gasteiger partial charge is 0.322 e. The first-order chi connectivity index (χ1) is 9.11. The van der Waals surface area contributed by atoms with Gasteiger partial charge in [0.1, 0.15) is 5.69 Å². The van der Waals surface area contributed by atoms with Gasteiger partial charge in [0.15, 0.2) is 9.37 Å². The van der Waals surface area contributed by atoms with E-state index < -0.39 is 4.92 Å². The fourth-order valence-corrected chi connectivity index (χ4v) is 3.09. The number of anilines is 1. The van der Waals surface area contributed by atoms with Crippen molar-refractivity contribution in [1.82, 2.24) is 15.0 Å². The Hall–Kier alpha value is -1.74. The van der Waals surface area contributed by atoms with E-state index >= 15 is 0 Å². The molecule has 0 aliphatic carbocycles. The molecule has 2 aromatic heterocycles. The fourth-order valence-electron chi connectivity index (χ4n) is 1.40. The molecule has 7 nitrogen and oxygen atoms in total. The monoisotopic (exact) mass is 297 g/mol. The van der Waals surface area contributed by atoms with Crippen molar-refractivity contribution in [3.05, 3.63) is 27.4 Å². The zero-order valence-electron chi connectivity index (χ0n) is 10.3. The van der Waals surface area contributed by atoms with Crippen LogP contribution in [-0.4, -0.2) is 26.4 Å². The molecule has 0 radical (unpaired) electrons. The van der Waals surface area contributed by atoms with Crippen LogP contribution in [0.2, 0.25) is 0 Å². The van der Waals surface area contributed by atoms with Gasteiger partial charge >= 0.3 is 5.69 Å². The molecule has 0 fully saturated rings.